The summed E-state index contributed by atoms with van der Waals surface area (Å²) in [6, 6.07) is 12.4. The zero-order chi connectivity index (χ0) is 22.3. The molecule has 32 heavy (non-hydrogen) atoms. The lowest BCUT2D eigenvalue weighted by Crippen LogP contribution is -2.45. The Morgan fingerprint density at radius 2 is 1.84 bits per heavy atom. The van der Waals surface area contributed by atoms with E-state index in [2.05, 4.69) is 53.6 Å². The van der Waals surface area contributed by atoms with Crippen LogP contribution in [0.25, 0.3) is 0 Å². The number of aliphatic imine (C=N–C) groups is 1. The first-order valence-electron chi connectivity index (χ1n) is 11.1. The third-order valence-electron chi connectivity index (χ3n) is 5.41. The highest BCUT2D eigenvalue weighted by atomic mass is 127. The smallest absolute Gasteiger partial charge is 0.191 e. The van der Waals surface area contributed by atoms with Crippen molar-refractivity contribution in [3.8, 4) is 0 Å². The van der Waals surface area contributed by atoms with E-state index in [9.17, 15) is 5.11 Å². The van der Waals surface area contributed by atoms with Crippen molar-refractivity contribution >= 4 is 41.3 Å². The molecule has 3 unspecified atom stereocenters. The number of rotatable bonds is 8. The van der Waals surface area contributed by atoms with Gasteiger partial charge in [-0.2, -0.15) is 0 Å². The van der Waals surface area contributed by atoms with Crippen LogP contribution in [0.1, 0.15) is 43.7 Å². The van der Waals surface area contributed by atoms with Gasteiger partial charge in [0.2, 0.25) is 0 Å². The highest BCUT2D eigenvalue weighted by molar-refractivity contribution is 14.0. The number of morpholine rings is 1. The number of aliphatic hydroxyl groups is 1. The lowest BCUT2D eigenvalue weighted by atomic mass is 10.1. The number of nitrogens with one attached hydrogen (secondary N) is 2. The van der Waals surface area contributed by atoms with Gasteiger partial charge < -0.3 is 20.5 Å². The van der Waals surface area contributed by atoms with Crippen LogP contribution in [-0.2, 0) is 23.4 Å². The van der Waals surface area contributed by atoms with Gasteiger partial charge in [0.1, 0.15) is 5.60 Å². The van der Waals surface area contributed by atoms with Crippen LogP contribution < -0.4 is 10.6 Å². The SMILES string of the molecule is CCNC(=NCc1ccccc1CN1CC(C)OC(C)C1)NCC(C)(O)c1cccs1.I. The number of hydrogen-bond acceptors (Lipinski definition) is 5. The molecule has 6 nitrogen and oxygen atoms in total. The van der Waals surface area contributed by atoms with Gasteiger partial charge in [0.25, 0.3) is 0 Å². The maximum atomic E-state index is 10.8. The number of nitrogens with zero attached hydrogens (tertiary/aromatic N) is 2. The number of hydrogen-bond donors (Lipinski definition) is 3. The fourth-order valence-corrected chi connectivity index (χ4v) is 4.74. The molecule has 1 aromatic heterocycles. The summed E-state index contributed by atoms with van der Waals surface area (Å²) in [4.78, 5) is 8.20. The van der Waals surface area contributed by atoms with Crippen LogP contribution in [-0.4, -0.2) is 54.4 Å². The second kappa shape index (κ2) is 12.9. The summed E-state index contributed by atoms with van der Waals surface area (Å²) >= 11 is 1.56. The van der Waals surface area contributed by atoms with Gasteiger partial charge in [0.15, 0.2) is 5.96 Å². The molecule has 1 aromatic carbocycles. The van der Waals surface area contributed by atoms with Crippen molar-refractivity contribution in [2.45, 2.75) is 58.6 Å². The average molecular weight is 573 g/mol. The molecule has 0 spiro atoms. The minimum atomic E-state index is -0.939. The van der Waals surface area contributed by atoms with Crippen molar-refractivity contribution in [1.29, 1.82) is 0 Å². The standard InChI is InChI=1S/C24H36N4O2S.HI/c1-5-25-23(27-17-24(4,29)22-11-8-12-31-22)26-13-20-9-6-7-10-21(20)16-28-14-18(2)30-19(3)15-28;/h6-12,18-19,29H,5,13-17H2,1-4H3,(H2,25,26,27);1H. The highest BCUT2D eigenvalue weighted by Gasteiger charge is 2.25. The average Bonchev–Trinajstić information content (AvgIpc) is 3.26. The summed E-state index contributed by atoms with van der Waals surface area (Å²) in [5.74, 6) is 0.711. The molecule has 0 saturated carbocycles. The fraction of sp³-hybridized carbons (Fsp3) is 0.542. The van der Waals surface area contributed by atoms with Crippen LogP contribution in [0, 0.1) is 0 Å². The molecule has 1 aliphatic rings. The lowest BCUT2D eigenvalue weighted by molar-refractivity contribution is -0.0705. The predicted molar refractivity (Wildman–Crippen MR) is 144 cm³/mol. The third-order valence-corrected chi connectivity index (χ3v) is 6.53. The molecule has 3 rings (SSSR count). The van der Waals surface area contributed by atoms with Gasteiger partial charge in [-0.1, -0.05) is 30.3 Å². The first kappa shape index (κ1) is 27.0. The second-order valence-electron chi connectivity index (χ2n) is 8.52. The van der Waals surface area contributed by atoms with Gasteiger partial charge in [0.05, 0.1) is 25.3 Å². The number of benzene rings is 1. The van der Waals surface area contributed by atoms with E-state index in [1.807, 2.05) is 31.4 Å². The van der Waals surface area contributed by atoms with E-state index < -0.39 is 5.60 Å². The maximum absolute atomic E-state index is 10.8. The summed E-state index contributed by atoms with van der Waals surface area (Å²) in [5.41, 5.74) is 1.58. The Morgan fingerprint density at radius 1 is 1.16 bits per heavy atom. The van der Waals surface area contributed by atoms with Gasteiger partial charge in [-0.3, -0.25) is 4.90 Å². The number of thiophene rings is 1. The normalized spacial score (nSPS) is 21.5. The predicted octanol–water partition coefficient (Wildman–Crippen LogP) is 3.94. The molecule has 1 aliphatic heterocycles. The first-order valence-corrected chi connectivity index (χ1v) is 12.0. The molecule has 0 amide bonds. The van der Waals surface area contributed by atoms with Crippen molar-refractivity contribution in [3.05, 3.63) is 57.8 Å². The van der Waals surface area contributed by atoms with Crippen molar-refractivity contribution < 1.29 is 9.84 Å². The van der Waals surface area contributed by atoms with Gasteiger partial charge >= 0.3 is 0 Å². The van der Waals surface area contributed by atoms with E-state index in [4.69, 9.17) is 9.73 Å². The van der Waals surface area contributed by atoms with Gasteiger partial charge in [-0.05, 0) is 50.3 Å². The minimum absolute atomic E-state index is 0. The Labute approximate surface area is 213 Å². The first-order chi connectivity index (χ1) is 14.9. The maximum Gasteiger partial charge on any atom is 0.191 e. The molecule has 0 aliphatic carbocycles. The van der Waals surface area contributed by atoms with Gasteiger partial charge in [-0.15, -0.1) is 35.3 Å². The van der Waals surface area contributed by atoms with Gasteiger partial charge in [0, 0.05) is 31.1 Å². The molecule has 178 valence electrons. The van der Waals surface area contributed by atoms with Crippen molar-refractivity contribution in [3.63, 3.8) is 0 Å². The Kier molecular flexibility index (Phi) is 10.9. The molecule has 1 saturated heterocycles. The molecule has 2 aromatic rings. The second-order valence-corrected chi connectivity index (χ2v) is 9.47. The summed E-state index contributed by atoms with van der Waals surface area (Å²) < 4.78 is 5.87. The van der Waals surface area contributed by atoms with Crippen LogP contribution in [0.2, 0.25) is 0 Å². The highest BCUT2D eigenvalue weighted by Crippen LogP contribution is 2.24. The number of ether oxygens (including phenoxy) is 1. The number of halogens is 1. The molecular weight excluding hydrogens is 535 g/mol. The van der Waals surface area contributed by atoms with Crippen LogP contribution in [0.15, 0.2) is 46.8 Å². The van der Waals surface area contributed by atoms with Crippen molar-refractivity contribution in [2.24, 2.45) is 4.99 Å². The molecule has 3 atom stereocenters. The summed E-state index contributed by atoms with van der Waals surface area (Å²) in [7, 11) is 0. The number of guanidine groups is 1. The Morgan fingerprint density at radius 3 is 2.47 bits per heavy atom. The lowest BCUT2D eigenvalue weighted by Gasteiger charge is -2.35. The van der Waals surface area contributed by atoms with E-state index in [1.54, 1.807) is 11.3 Å². The van der Waals surface area contributed by atoms with E-state index >= 15 is 0 Å². The van der Waals surface area contributed by atoms with Crippen LogP contribution in [0.4, 0.5) is 0 Å². The van der Waals surface area contributed by atoms with Gasteiger partial charge in [-0.25, -0.2) is 4.99 Å². The molecule has 2 heterocycles. The van der Waals surface area contributed by atoms with Crippen molar-refractivity contribution in [2.75, 3.05) is 26.2 Å². The summed E-state index contributed by atoms with van der Waals surface area (Å²) in [5, 5.41) is 19.4. The quantitative estimate of drug-likeness (QED) is 0.254. The fourth-order valence-electron chi connectivity index (χ4n) is 3.95. The molecule has 3 N–H and O–H groups in total. The van der Waals surface area contributed by atoms with Crippen LogP contribution >= 0.6 is 35.3 Å². The molecular formula is C24H37IN4O2S. The molecule has 1 fully saturated rings. The Balaban J connectivity index is 0.00000363. The third kappa shape index (κ3) is 7.98. The van der Waals surface area contributed by atoms with E-state index in [1.165, 1.54) is 11.1 Å². The summed E-state index contributed by atoms with van der Waals surface area (Å²) in [6.07, 6.45) is 0.518. The monoisotopic (exact) mass is 572 g/mol. The van der Waals surface area contributed by atoms with Crippen molar-refractivity contribution in [1.82, 2.24) is 15.5 Å². The van der Waals surface area contributed by atoms with E-state index in [0.717, 1.165) is 31.1 Å². The van der Waals surface area contributed by atoms with E-state index in [-0.39, 0.29) is 36.2 Å². The zero-order valence-corrected chi connectivity index (χ0v) is 22.7. The van der Waals surface area contributed by atoms with Crippen LogP contribution in [0.5, 0.6) is 0 Å². The molecule has 0 bridgehead atoms. The molecule has 0 radical (unpaired) electrons. The summed E-state index contributed by atoms with van der Waals surface area (Å²) in [6.45, 7) is 12.7. The zero-order valence-electron chi connectivity index (χ0n) is 19.5. The van der Waals surface area contributed by atoms with E-state index in [0.29, 0.717) is 19.0 Å². The van der Waals surface area contributed by atoms with Crippen LogP contribution in [0.3, 0.4) is 0 Å². The topological polar surface area (TPSA) is 69.1 Å². The Bertz CT molecular complexity index is 834. The Hall–Kier alpha value is -1.20. The molecule has 8 heteroatoms. The minimum Gasteiger partial charge on any atom is -0.383 e. The largest absolute Gasteiger partial charge is 0.383 e.